The molecule has 8 heteroatoms. The van der Waals surface area contributed by atoms with Gasteiger partial charge in [0.25, 0.3) is 11.8 Å². The molecule has 2 aliphatic rings. The number of hydrogen-bond donors (Lipinski definition) is 0. The van der Waals surface area contributed by atoms with E-state index in [1.807, 2.05) is 89.5 Å². The minimum atomic E-state index is 0.0113. The Bertz CT molecular complexity index is 1440. The van der Waals surface area contributed by atoms with Crippen molar-refractivity contribution in [3.8, 4) is 22.5 Å². The number of aromatic nitrogens is 2. The molecule has 2 aromatic carbocycles. The molecule has 0 aliphatic carbocycles. The number of amides is 2. The lowest BCUT2D eigenvalue weighted by Crippen LogP contribution is -2.54. The number of piperidine rings is 1. The summed E-state index contributed by atoms with van der Waals surface area (Å²) in [6.45, 7) is 8.06. The molecule has 6 rings (SSSR count). The average molecular weight is 550 g/mol. The second-order valence-electron chi connectivity index (χ2n) is 10.9. The van der Waals surface area contributed by atoms with Crippen molar-refractivity contribution in [2.45, 2.75) is 32.7 Å². The van der Waals surface area contributed by atoms with E-state index in [1.54, 1.807) is 6.92 Å². The van der Waals surface area contributed by atoms with Crippen LogP contribution >= 0.6 is 0 Å². The van der Waals surface area contributed by atoms with Crippen molar-refractivity contribution in [1.82, 2.24) is 24.8 Å². The fourth-order valence-electron chi connectivity index (χ4n) is 6.02. The lowest BCUT2D eigenvalue weighted by molar-refractivity contribution is 0.0411. The second-order valence-corrected chi connectivity index (χ2v) is 10.9. The van der Waals surface area contributed by atoms with Gasteiger partial charge < -0.3 is 14.3 Å². The molecule has 2 aliphatic heterocycles. The van der Waals surface area contributed by atoms with Gasteiger partial charge in [-0.1, -0.05) is 65.8 Å². The van der Waals surface area contributed by atoms with Gasteiger partial charge in [-0.3, -0.25) is 14.5 Å². The molecule has 4 aromatic rings. The number of likely N-dealkylation sites (tertiary alicyclic amines) is 1. The Morgan fingerprint density at radius 2 is 1.27 bits per heavy atom. The molecule has 210 valence electrons. The van der Waals surface area contributed by atoms with Gasteiger partial charge in [-0.2, -0.15) is 0 Å². The molecule has 41 heavy (non-hydrogen) atoms. The predicted octanol–water partition coefficient (Wildman–Crippen LogP) is 5.08. The topological polar surface area (TPSA) is 82.8 Å². The van der Waals surface area contributed by atoms with E-state index in [0.29, 0.717) is 54.8 Å². The van der Waals surface area contributed by atoms with Gasteiger partial charge in [0.1, 0.15) is 11.3 Å². The van der Waals surface area contributed by atoms with Crippen LogP contribution in [0.1, 0.15) is 45.0 Å². The monoisotopic (exact) mass is 549 g/mol. The van der Waals surface area contributed by atoms with Crippen LogP contribution in [0.5, 0.6) is 0 Å². The molecule has 0 spiro atoms. The first kappa shape index (κ1) is 26.9. The summed E-state index contributed by atoms with van der Waals surface area (Å²) in [4.78, 5) is 38.1. The second kappa shape index (κ2) is 11.7. The van der Waals surface area contributed by atoms with Crippen molar-refractivity contribution in [2.24, 2.45) is 0 Å². The molecule has 0 N–H and O–H groups in total. The maximum Gasteiger partial charge on any atom is 0.259 e. The summed E-state index contributed by atoms with van der Waals surface area (Å²) in [5, 5.41) is 3.94. The van der Waals surface area contributed by atoms with E-state index in [2.05, 4.69) is 10.1 Å². The lowest BCUT2D eigenvalue weighted by atomic mass is 10.0. The quantitative estimate of drug-likeness (QED) is 0.345. The predicted molar refractivity (Wildman–Crippen MR) is 157 cm³/mol. The van der Waals surface area contributed by atoms with E-state index in [9.17, 15) is 9.59 Å². The van der Waals surface area contributed by atoms with Crippen molar-refractivity contribution in [3.05, 3.63) is 95.4 Å². The van der Waals surface area contributed by atoms with Gasteiger partial charge in [0.15, 0.2) is 0 Å². The highest BCUT2D eigenvalue weighted by Gasteiger charge is 2.32. The number of benzene rings is 2. The first-order valence-corrected chi connectivity index (χ1v) is 14.4. The van der Waals surface area contributed by atoms with Gasteiger partial charge in [0, 0.05) is 62.0 Å². The molecule has 0 atom stereocenters. The van der Waals surface area contributed by atoms with Crippen LogP contribution in [0.25, 0.3) is 22.5 Å². The number of piperazine rings is 1. The smallest absolute Gasteiger partial charge is 0.259 e. The highest BCUT2D eigenvalue weighted by Crippen LogP contribution is 2.27. The summed E-state index contributed by atoms with van der Waals surface area (Å²) in [6, 6.07) is 24.3. The number of carbonyl (C=O) groups is 2. The third-order valence-corrected chi connectivity index (χ3v) is 8.33. The SMILES string of the molecule is Cc1noc(C)c1C(=O)N1CCC(N2CCN(C(=O)c3cc(-c4ccccc4)nc(-c4ccccc4)c3)CC2)CC1. The Labute approximate surface area is 240 Å². The summed E-state index contributed by atoms with van der Waals surface area (Å²) < 4.78 is 5.20. The molecule has 8 nitrogen and oxygen atoms in total. The summed E-state index contributed by atoms with van der Waals surface area (Å²) >= 11 is 0. The molecule has 2 fully saturated rings. The van der Waals surface area contributed by atoms with Crippen LogP contribution < -0.4 is 0 Å². The number of aryl methyl sites for hydroxylation is 2. The number of rotatable bonds is 5. The van der Waals surface area contributed by atoms with Crippen LogP contribution in [0.4, 0.5) is 0 Å². The molecular formula is C33H35N5O3. The molecule has 2 amide bonds. The van der Waals surface area contributed by atoms with Gasteiger partial charge in [0.05, 0.1) is 17.1 Å². The summed E-state index contributed by atoms with van der Waals surface area (Å²) in [6.07, 6.45) is 1.85. The number of nitrogens with zero attached hydrogens (tertiary/aromatic N) is 5. The summed E-state index contributed by atoms with van der Waals surface area (Å²) in [5.41, 5.74) is 5.48. The Balaban J connectivity index is 1.11. The summed E-state index contributed by atoms with van der Waals surface area (Å²) in [5.74, 6) is 0.634. The standard InChI is InChI=1S/C33H35N5O3/c1-23-31(24(2)41-35-23)33(40)37-15-13-28(14-16-37)36-17-19-38(20-18-36)32(39)27-21-29(25-9-5-3-6-10-25)34-30(22-27)26-11-7-4-8-12-26/h3-12,21-22,28H,13-20H2,1-2H3. The molecule has 2 saturated heterocycles. The molecular weight excluding hydrogens is 514 g/mol. The first-order chi connectivity index (χ1) is 20.0. The van der Waals surface area contributed by atoms with Crippen LogP contribution in [0.2, 0.25) is 0 Å². The molecule has 0 radical (unpaired) electrons. The van der Waals surface area contributed by atoms with Crippen LogP contribution in [0.15, 0.2) is 77.3 Å². The van der Waals surface area contributed by atoms with Crippen LogP contribution in [0, 0.1) is 13.8 Å². The van der Waals surface area contributed by atoms with Gasteiger partial charge >= 0.3 is 0 Å². The Morgan fingerprint density at radius 3 is 1.78 bits per heavy atom. The molecule has 4 heterocycles. The van der Waals surface area contributed by atoms with Gasteiger partial charge in [-0.15, -0.1) is 0 Å². The lowest BCUT2D eigenvalue weighted by Gasteiger charge is -2.42. The maximum atomic E-state index is 13.8. The van der Waals surface area contributed by atoms with Crippen LogP contribution in [-0.2, 0) is 0 Å². The minimum absolute atomic E-state index is 0.0113. The van der Waals surface area contributed by atoms with Gasteiger partial charge in [0.2, 0.25) is 0 Å². The van der Waals surface area contributed by atoms with E-state index in [4.69, 9.17) is 9.51 Å². The van der Waals surface area contributed by atoms with Crippen molar-refractivity contribution in [2.75, 3.05) is 39.3 Å². The average Bonchev–Trinajstić information content (AvgIpc) is 3.38. The van der Waals surface area contributed by atoms with E-state index in [1.165, 1.54) is 0 Å². The Hall–Kier alpha value is -4.30. The minimum Gasteiger partial charge on any atom is -0.361 e. The highest BCUT2D eigenvalue weighted by atomic mass is 16.5. The number of pyridine rings is 1. The zero-order valence-electron chi connectivity index (χ0n) is 23.6. The molecule has 0 saturated carbocycles. The zero-order valence-corrected chi connectivity index (χ0v) is 23.6. The van der Waals surface area contributed by atoms with Gasteiger partial charge in [-0.25, -0.2) is 4.98 Å². The van der Waals surface area contributed by atoms with Crippen LogP contribution in [0.3, 0.4) is 0 Å². The summed E-state index contributed by atoms with van der Waals surface area (Å²) in [7, 11) is 0. The van der Waals surface area contributed by atoms with E-state index in [-0.39, 0.29) is 11.8 Å². The highest BCUT2D eigenvalue weighted by molar-refractivity contribution is 5.97. The first-order valence-electron chi connectivity index (χ1n) is 14.4. The van der Waals surface area contributed by atoms with Crippen LogP contribution in [-0.4, -0.2) is 82.0 Å². The zero-order chi connectivity index (χ0) is 28.3. The van der Waals surface area contributed by atoms with E-state index in [0.717, 1.165) is 48.4 Å². The maximum absolute atomic E-state index is 13.8. The fraction of sp³-hybridized carbons (Fsp3) is 0.333. The van der Waals surface area contributed by atoms with Crippen molar-refractivity contribution >= 4 is 11.8 Å². The largest absolute Gasteiger partial charge is 0.361 e. The number of carbonyl (C=O) groups excluding carboxylic acids is 2. The van der Waals surface area contributed by atoms with Crippen molar-refractivity contribution < 1.29 is 14.1 Å². The molecule has 0 unspecified atom stereocenters. The van der Waals surface area contributed by atoms with Gasteiger partial charge in [-0.05, 0) is 38.8 Å². The fourth-order valence-corrected chi connectivity index (χ4v) is 6.02. The Kier molecular flexibility index (Phi) is 7.65. The van der Waals surface area contributed by atoms with E-state index < -0.39 is 0 Å². The normalized spacial score (nSPS) is 16.6. The van der Waals surface area contributed by atoms with E-state index >= 15 is 0 Å². The molecule has 2 aromatic heterocycles. The third-order valence-electron chi connectivity index (χ3n) is 8.33. The third kappa shape index (κ3) is 5.65. The number of hydrogen-bond acceptors (Lipinski definition) is 6. The van der Waals surface area contributed by atoms with Crippen molar-refractivity contribution in [1.29, 1.82) is 0 Å². The van der Waals surface area contributed by atoms with Crippen molar-refractivity contribution in [3.63, 3.8) is 0 Å². The molecule has 0 bridgehead atoms. The Morgan fingerprint density at radius 1 is 0.732 bits per heavy atom.